The molecule has 1 aromatic heterocycles. The summed E-state index contributed by atoms with van der Waals surface area (Å²) < 4.78 is 7.02. The van der Waals surface area contributed by atoms with Crippen molar-refractivity contribution in [3.8, 4) is 0 Å². The van der Waals surface area contributed by atoms with Crippen LogP contribution in [0.2, 0.25) is 0 Å². The highest BCUT2D eigenvalue weighted by Gasteiger charge is 2.37. The topological polar surface area (TPSA) is 110 Å². The second kappa shape index (κ2) is 8.92. The molecule has 0 bridgehead atoms. The number of nitrogens with one attached hydrogen (secondary N) is 1. The van der Waals surface area contributed by atoms with E-state index in [0.29, 0.717) is 19.0 Å². The number of rotatable bonds is 8. The standard InChI is InChI=1S/C18H30N4O4/c1-26-8-7-22-15(11-23)20-21-17(22)13-9-14(10-13)19-18(25)16(24)12-5-3-2-4-6-12/h12-14,16,23-24H,2-11H2,1H3,(H,19,25)/t13?,14?,16-/m1/s1. The number of methoxy groups -OCH3 is 1. The van der Waals surface area contributed by atoms with Gasteiger partial charge in [0.2, 0.25) is 5.91 Å². The number of carbonyl (C=O) groups excluding carboxylic acids is 1. The summed E-state index contributed by atoms with van der Waals surface area (Å²) >= 11 is 0. The summed E-state index contributed by atoms with van der Waals surface area (Å²) in [5.74, 6) is 1.44. The monoisotopic (exact) mass is 366 g/mol. The van der Waals surface area contributed by atoms with E-state index in [-0.39, 0.29) is 30.4 Å². The number of hydrogen-bond acceptors (Lipinski definition) is 6. The molecular formula is C18H30N4O4. The van der Waals surface area contributed by atoms with Gasteiger partial charge < -0.3 is 24.8 Å². The van der Waals surface area contributed by atoms with Crippen molar-refractivity contribution in [3.63, 3.8) is 0 Å². The minimum Gasteiger partial charge on any atom is -0.388 e. The lowest BCUT2D eigenvalue weighted by atomic mass is 9.79. The summed E-state index contributed by atoms with van der Waals surface area (Å²) in [6, 6.07) is 0.0656. The minimum absolute atomic E-state index is 0.0656. The number of nitrogens with zero attached hydrogens (tertiary/aromatic N) is 3. The van der Waals surface area contributed by atoms with E-state index in [1.807, 2.05) is 4.57 Å². The molecule has 8 heteroatoms. The molecule has 0 radical (unpaired) electrons. The normalized spacial score (nSPS) is 24.9. The molecule has 0 aliphatic heterocycles. The van der Waals surface area contributed by atoms with Crippen LogP contribution in [0.5, 0.6) is 0 Å². The first-order valence-corrected chi connectivity index (χ1v) is 9.64. The summed E-state index contributed by atoms with van der Waals surface area (Å²) in [7, 11) is 1.63. The maximum atomic E-state index is 12.3. The van der Waals surface area contributed by atoms with E-state index in [2.05, 4.69) is 15.5 Å². The van der Waals surface area contributed by atoms with Crippen molar-refractivity contribution in [1.29, 1.82) is 0 Å². The molecule has 0 aromatic carbocycles. The predicted octanol–water partition coefficient (Wildman–Crippen LogP) is 0.720. The van der Waals surface area contributed by atoms with Crippen LogP contribution >= 0.6 is 0 Å². The summed E-state index contributed by atoms with van der Waals surface area (Å²) in [6.45, 7) is 0.971. The Morgan fingerprint density at radius 1 is 1.31 bits per heavy atom. The Balaban J connectivity index is 1.51. The van der Waals surface area contributed by atoms with Crippen LogP contribution in [0.25, 0.3) is 0 Å². The van der Waals surface area contributed by atoms with Crippen LogP contribution in [0, 0.1) is 5.92 Å². The van der Waals surface area contributed by atoms with Crippen LogP contribution in [0.1, 0.15) is 62.5 Å². The van der Waals surface area contributed by atoms with Gasteiger partial charge in [-0.1, -0.05) is 19.3 Å². The molecule has 0 unspecified atom stereocenters. The van der Waals surface area contributed by atoms with Gasteiger partial charge in [-0.15, -0.1) is 10.2 Å². The highest BCUT2D eigenvalue weighted by atomic mass is 16.5. The van der Waals surface area contributed by atoms with Gasteiger partial charge in [0.25, 0.3) is 0 Å². The summed E-state index contributed by atoms with van der Waals surface area (Å²) in [6.07, 6.45) is 5.95. The zero-order valence-corrected chi connectivity index (χ0v) is 15.4. The Labute approximate surface area is 153 Å². The maximum Gasteiger partial charge on any atom is 0.249 e. The SMILES string of the molecule is COCCn1c(CO)nnc1C1CC(NC(=O)[C@H](O)C2CCCCC2)C1. The fraction of sp³-hybridized carbons (Fsp3) is 0.833. The van der Waals surface area contributed by atoms with E-state index < -0.39 is 6.10 Å². The number of hydrogen-bond donors (Lipinski definition) is 3. The molecule has 2 saturated carbocycles. The Morgan fingerprint density at radius 2 is 2.04 bits per heavy atom. The number of aromatic nitrogens is 3. The number of carbonyl (C=O) groups is 1. The highest BCUT2D eigenvalue weighted by molar-refractivity contribution is 5.81. The van der Waals surface area contributed by atoms with Crippen LogP contribution in [0.4, 0.5) is 0 Å². The van der Waals surface area contributed by atoms with Crippen molar-refractivity contribution in [1.82, 2.24) is 20.1 Å². The molecule has 2 aliphatic carbocycles. The van der Waals surface area contributed by atoms with E-state index in [4.69, 9.17) is 4.74 Å². The Morgan fingerprint density at radius 3 is 2.69 bits per heavy atom. The average molecular weight is 366 g/mol. The van der Waals surface area contributed by atoms with Gasteiger partial charge in [0.15, 0.2) is 5.82 Å². The molecule has 1 aromatic rings. The van der Waals surface area contributed by atoms with Crippen LogP contribution < -0.4 is 5.32 Å². The van der Waals surface area contributed by atoms with Gasteiger partial charge in [0.1, 0.15) is 18.5 Å². The number of amides is 1. The first-order valence-electron chi connectivity index (χ1n) is 9.64. The van der Waals surface area contributed by atoms with E-state index in [1.54, 1.807) is 7.11 Å². The summed E-state index contributed by atoms with van der Waals surface area (Å²) in [5.41, 5.74) is 0. The van der Waals surface area contributed by atoms with E-state index >= 15 is 0 Å². The van der Waals surface area contributed by atoms with Crippen LogP contribution in [0.15, 0.2) is 0 Å². The predicted molar refractivity (Wildman–Crippen MR) is 94.3 cm³/mol. The van der Waals surface area contributed by atoms with Gasteiger partial charge in [0.05, 0.1) is 6.61 Å². The van der Waals surface area contributed by atoms with Crippen molar-refractivity contribution in [2.24, 2.45) is 5.92 Å². The molecule has 3 rings (SSSR count). The van der Waals surface area contributed by atoms with Crippen LogP contribution in [-0.4, -0.2) is 56.7 Å². The largest absolute Gasteiger partial charge is 0.388 e. The number of ether oxygens (including phenoxy) is 1. The van der Waals surface area contributed by atoms with Crippen molar-refractivity contribution >= 4 is 5.91 Å². The first kappa shape index (κ1) is 19.3. The fourth-order valence-electron chi connectivity index (χ4n) is 4.09. The van der Waals surface area contributed by atoms with E-state index in [1.165, 1.54) is 6.42 Å². The molecular weight excluding hydrogens is 336 g/mol. The molecule has 2 aliphatic rings. The van der Waals surface area contributed by atoms with Gasteiger partial charge in [-0.2, -0.15) is 0 Å². The number of aliphatic hydroxyl groups is 2. The lowest BCUT2D eigenvalue weighted by Gasteiger charge is -2.36. The van der Waals surface area contributed by atoms with E-state index in [0.717, 1.165) is 44.3 Å². The summed E-state index contributed by atoms with van der Waals surface area (Å²) in [5, 5.41) is 30.9. The van der Waals surface area contributed by atoms with Crippen LogP contribution in [-0.2, 0) is 22.7 Å². The zero-order valence-electron chi connectivity index (χ0n) is 15.4. The minimum atomic E-state index is -0.888. The molecule has 0 spiro atoms. The van der Waals surface area contributed by atoms with Crippen molar-refractivity contribution in [2.75, 3.05) is 13.7 Å². The molecule has 0 saturated heterocycles. The molecule has 3 N–H and O–H groups in total. The first-order chi connectivity index (χ1) is 12.6. The molecule has 1 amide bonds. The van der Waals surface area contributed by atoms with Crippen molar-refractivity contribution < 1.29 is 19.7 Å². The van der Waals surface area contributed by atoms with Gasteiger partial charge in [-0.3, -0.25) is 4.79 Å². The molecule has 8 nitrogen and oxygen atoms in total. The van der Waals surface area contributed by atoms with E-state index in [9.17, 15) is 15.0 Å². The second-order valence-electron chi connectivity index (χ2n) is 7.49. The number of aliphatic hydroxyl groups excluding tert-OH is 2. The second-order valence-corrected chi connectivity index (χ2v) is 7.49. The third-order valence-corrected chi connectivity index (χ3v) is 5.73. The Hall–Kier alpha value is -1.51. The van der Waals surface area contributed by atoms with Gasteiger partial charge in [0, 0.05) is 25.6 Å². The quantitative estimate of drug-likeness (QED) is 0.625. The van der Waals surface area contributed by atoms with Crippen molar-refractivity contribution in [2.45, 2.75) is 76.2 Å². The molecule has 2 fully saturated rings. The van der Waals surface area contributed by atoms with Crippen LogP contribution in [0.3, 0.4) is 0 Å². The Bertz CT molecular complexity index is 594. The fourth-order valence-corrected chi connectivity index (χ4v) is 4.09. The Kier molecular flexibility index (Phi) is 6.61. The smallest absolute Gasteiger partial charge is 0.249 e. The lowest BCUT2D eigenvalue weighted by molar-refractivity contribution is -0.134. The lowest BCUT2D eigenvalue weighted by Crippen LogP contribution is -2.49. The average Bonchev–Trinajstić information content (AvgIpc) is 3.04. The van der Waals surface area contributed by atoms with Gasteiger partial charge in [-0.05, 0) is 31.6 Å². The third-order valence-electron chi connectivity index (χ3n) is 5.73. The van der Waals surface area contributed by atoms with Crippen molar-refractivity contribution in [3.05, 3.63) is 11.6 Å². The zero-order chi connectivity index (χ0) is 18.5. The molecule has 1 heterocycles. The third kappa shape index (κ3) is 4.24. The molecule has 26 heavy (non-hydrogen) atoms. The van der Waals surface area contributed by atoms with Gasteiger partial charge in [-0.25, -0.2) is 0 Å². The molecule has 1 atom stereocenters. The highest BCUT2D eigenvalue weighted by Crippen LogP contribution is 2.36. The maximum absolute atomic E-state index is 12.3. The molecule has 146 valence electrons. The van der Waals surface area contributed by atoms with Gasteiger partial charge >= 0.3 is 0 Å². The summed E-state index contributed by atoms with van der Waals surface area (Å²) in [4.78, 5) is 12.3.